The number of carbonyl (C=O) groups is 6. The zero-order valence-electron chi connectivity index (χ0n) is 49.6. The number of fused-ring (bicyclic) bond motifs is 2. The van der Waals surface area contributed by atoms with Gasteiger partial charge in [-0.15, -0.1) is 0 Å². The number of methoxy groups -OCH3 is 2. The number of hydrogen-bond acceptors (Lipinski definition) is 12. The lowest BCUT2D eigenvalue weighted by Crippen LogP contribution is -2.55. The summed E-state index contributed by atoms with van der Waals surface area (Å²) in [6.45, 7) is 25.8. The number of H-pyrrole nitrogens is 1. The Balaban J connectivity index is 0.923. The lowest BCUT2D eigenvalue weighted by atomic mass is 9.60. The highest BCUT2D eigenvalue weighted by atomic mass is 28.5. The third-order valence-corrected chi connectivity index (χ3v) is 25.6. The standard InChI is InChI=1S/C59H91N5O12Si3/c1-56(2)29-40(31-58(5,34-56)36-61-54(69)63-48(52(67)71-7)27-43-24-23-42-19-15-16-20-45(42)43)25-50(65)73-38-77(9,10)75-79(13,14)76-78(11,12)39-74-51(66)26-41-30-57(3,4)35-59(6,32-41)37-62-55(70)64-49(53(68)72-8)28-44-33-60-47-22-18-17-21-46(44)47/h15-22,24,33,40-41,48-49,60H,23,25-32,34-39H2,1-14H3,(H2,61,63,69)(H2,62,64,70). The number of amides is 4. The number of esters is 4. The highest BCUT2D eigenvalue weighted by Gasteiger charge is 2.46. The Bertz CT molecular complexity index is 2710. The Morgan fingerprint density at radius 2 is 1.10 bits per heavy atom. The van der Waals surface area contributed by atoms with E-state index in [-0.39, 0.29) is 77.2 Å². The molecule has 0 bridgehead atoms. The molecule has 0 aliphatic heterocycles. The first-order chi connectivity index (χ1) is 36.8. The number of nitrogens with one attached hydrogen (secondary N) is 5. The van der Waals surface area contributed by atoms with Crippen LogP contribution in [0.1, 0.15) is 116 Å². The van der Waals surface area contributed by atoms with E-state index in [4.69, 9.17) is 27.2 Å². The van der Waals surface area contributed by atoms with Gasteiger partial charge in [0.1, 0.15) is 24.5 Å². The number of hydrogen-bond donors (Lipinski definition) is 5. The van der Waals surface area contributed by atoms with Gasteiger partial charge in [0.25, 0.3) is 0 Å². The zero-order chi connectivity index (χ0) is 58.2. The number of ether oxygens (including phenoxy) is 4. The van der Waals surface area contributed by atoms with Gasteiger partial charge in [0.2, 0.25) is 16.6 Å². The lowest BCUT2D eigenvalue weighted by Gasteiger charge is -2.46. The van der Waals surface area contributed by atoms with E-state index in [0.717, 1.165) is 66.1 Å². The minimum Gasteiger partial charge on any atom is -0.467 e. The van der Waals surface area contributed by atoms with Crippen molar-refractivity contribution in [3.05, 3.63) is 77.5 Å². The van der Waals surface area contributed by atoms with Gasteiger partial charge in [-0.1, -0.05) is 90.1 Å². The monoisotopic (exact) mass is 1150 g/mol. The van der Waals surface area contributed by atoms with E-state index in [9.17, 15) is 28.8 Å². The van der Waals surface area contributed by atoms with Gasteiger partial charge < -0.3 is 53.4 Å². The van der Waals surface area contributed by atoms with Crippen LogP contribution in [0.4, 0.5) is 9.59 Å². The molecule has 3 aromatic rings. The van der Waals surface area contributed by atoms with E-state index in [0.29, 0.717) is 25.9 Å². The molecule has 20 heteroatoms. The summed E-state index contributed by atoms with van der Waals surface area (Å²) in [5.74, 6) is -1.53. The van der Waals surface area contributed by atoms with Crippen LogP contribution in [0.2, 0.25) is 39.3 Å². The summed E-state index contributed by atoms with van der Waals surface area (Å²) >= 11 is 0. The van der Waals surface area contributed by atoms with E-state index in [1.54, 1.807) is 0 Å². The van der Waals surface area contributed by atoms with E-state index < -0.39 is 61.3 Å². The minimum absolute atomic E-state index is 0.0350. The molecule has 2 aromatic carbocycles. The molecule has 2 saturated carbocycles. The number of rotatable bonds is 24. The molecule has 79 heavy (non-hydrogen) atoms. The van der Waals surface area contributed by atoms with Crippen molar-refractivity contribution in [3.8, 4) is 0 Å². The van der Waals surface area contributed by atoms with Crippen molar-refractivity contribution in [1.82, 2.24) is 26.3 Å². The van der Waals surface area contributed by atoms with Crippen LogP contribution in [0, 0.1) is 33.5 Å². The van der Waals surface area contributed by atoms with Crippen LogP contribution in [-0.2, 0) is 59.2 Å². The van der Waals surface area contributed by atoms with Crippen molar-refractivity contribution in [3.63, 3.8) is 0 Å². The van der Waals surface area contributed by atoms with Crippen LogP contribution >= 0.6 is 0 Å². The molecule has 3 aliphatic carbocycles. The van der Waals surface area contributed by atoms with Crippen LogP contribution in [0.25, 0.3) is 16.5 Å². The van der Waals surface area contributed by atoms with Gasteiger partial charge in [0.05, 0.1) is 14.2 Å². The smallest absolute Gasteiger partial charge is 0.328 e. The largest absolute Gasteiger partial charge is 0.467 e. The molecule has 1 heterocycles. The number of aromatic nitrogens is 1. The van der Waals surface area contributed by atoms with Crippen LogP contribution in [0.3, 0.4) is 0 Å². The average Bonchev–Trinajstić information content (AvgIpc) is 3.95. The number of allylic oxidation sites excluding steroid dienone is 1. The molecule has 6 unspecified atom stereocenters. The second-order valence-corrected chi connectivity index (χ2v) is 38.9. The van der Waals surface area contributed by atoms with Crippen LogP contribution < -0.4 is 21.3 Å². The molecular formula is C59H91N5O12Si3. The fraction of sp³-hybridized carbons (Fsp3) is 0.627. The number of carbonyl (C=O) groups excluding carboxylic acids is 6. The lowest BCUT2D eigenvalue weighted by molar-refractivity contribution is -0.145. The Morgan fingerprint density at radius 3 is 1.61 bits per heavy atom. The molecule has 17 nitrogen and oxygen atoms in total. The molecule has 0 radical (unpaired) electrons. The molecule has 0 saturated heterocycles. The second kappa shape index (κ2) is 25.7. The summed E-state index contributed by atoms with van der Waals surface area (Å²) in [5, 5.41) is 12.7. The number of para-hydroxylation sites is 1. The summed E-state index contributed by atoms with van der Waals surface area (Å²) < 4.78 is 35.6. The van der Waals surface area contributed by atoms with Crippen molar-refractivity contribution < 1.29 is 55.9 Å². The molecular weight excluding hydrogens is 1050 g/mol. The van der Waals surface area contributed by atoms with Crippen molar-refractivity contribution in [2.45, 2.75) is 164 Å². The third-order valence-electron chi connectivity index (χ3n) is 15.6. The highest BCUT2D eigenvalue weighted by molar-refractivity contribution is 6.87. The first-order valence-corrected chi connectivity index (χ1v) is 37.1. The van der Waals surface area contributed by atoms with Crippen molar-refractivity contribution in [1.29, 1.82) is 0 Å². The molecule has 5 N–H and O–H groups in total. The predicted molar refractivity (Wildman–Crippen MR) is 314 cm³/mol. The van der Waals surface area contributed by atoms with E-state index in [1.165, 1.54) is 19.8 Å². The van der Waals surface area contributed by atoms with Gasteiger partial charge in [0.15, 0.2) is 0 Å². The van der Waals surface area contributed by atoms with Crippen LogP contribution in [-0.4, -0.2) is 118 Å². The van der Waals surface area contributed by atoms with E-state index >= 15 is 0 Å². The summed E-state index contributed by atoms with van der Waals surface area (Å²) in [5.41, 5.74) is 4.32. The maximum absolute atomic E-state index is 13.6. The molecule has 0 spiro atoms. The molecule has 436 valence electrons. The summed E-state index contributed by atoms with van der Waals surface area (Å²) in [6, 6.07) is 13.2. The molecule has 2 fully saturated rings. The Kier molecular flexibility index (Phi) is 20.4. The Hall–Kier alpha value is -5.29. The molecule has 4 amide bonds. The summed E-state index contributed by atoms with van der Waals surface area (Å²) in [6.07, 6.45) is 10.9. The van der Waals surface area contributed by atoms with Gasteiger partial charge in [-0.2, -0.15) is 0 Å². The second-order valence-electron chi connectivity index (χ2n) is 26.9. The normalized spacial score (nSPS) is 22.5. The van der Waals surface area contributed by atoms with Gasteiger partial charge >= 0.3 is 44.5 Å². The molecule has 1 aromatic heterocycles. The Morgan fingerprint density at radius 1 is 0.633 bits per heavy atom. The third kappa shape index (κ3) is 18.9. The minimum atomic E-state index is -2.80. The number of benzene rings is 2. The van der Waals surface area contributed by atoms with E-state index in [2.05, 4.69) is 79.9 Å². The SMILES string of the molecule is COC(=O)C(CC1=CCc2ccccc21)NC(=O)NCC1(C)CC(CC(=O)OC[Si](C)(C)O[Si](C)(C)O[Si](C)(C)COC(=O)CC2CC(C)(C)CC(C)(CNC(=O)NC(Cc3c[nH]c4ccccc34)C(=O)OC)C2)CC(C)(C)C1. The zero-order valence-corrected chi connectivity index (χ0v) is 52.6. The van der Waals surface area contributed by atoms with Gasteiger partial charge in [0, 0.05) is 55.9 Å². The van der Waals surface area contributed by atoms with Crippen molar-refractivity contribution in [2.75, 3.05) is 39.8 Å². The maximum atomic E-state index is 13.6. The first-order valence-electron chi connectivity index (χ1n) is 28.1. The first kappa shape index (κ1) is 62.9. The van der Waals surface area contributed by atoms with Crippen LogP contribution in [0.5, 0.6) is 0 Å². The maximum Gasteiger partial charge on any atom is 0.328 e. The molecule has 6 atom stereocenters. The van der Waals surface area contributed by atoms with Gasteiger partial charge in [-0.05, 0) is 146 Å². The number of urea groups is 2. The fourth-order valence-corrected chi connectivity index (χ4v) is 26.4. The van der Waals surface area contributed by atoms with Gasteiger partial charge in [-0.3, -0.25) is 9.59 Å². The highest BCUT2D eigenvalue weighted by Crippen LogP contribution is 2.51. The molecule has 6 rings (SSSR count). The topological polar surface area (TPSA) is 222 Å². The molecule has 3 aliphatic rings. The Labute approximate surface area is 472 Å². The average molecular weight is 1150 g/mol. The van der Waals surface area contributed by atoms with Crippen molar-refractivity contribution in [2.24, 2.45) is 33.5 Å². The fourth-order valence-electron chi connectivity index (χ4n) is 13.7. The van der Waals surface area contributed by atoms with Gasteiger partial charge in [-0.25, -0.2) is 19.2 Å². The predicted octanol–water partition coefficient (Wildman–Crippen LogP) is 10.2. The van der Waals surface area contributed by atoms with Crippen molar-refractivity contribution >= 4 is 77.6 Å². The van der Waals surface area contributed by atoms with E-state index in [1.807, 2.05) is 87.9 Å². The number of aromatic amines is 1. The van der Waals surface area contributed by atoms with Crippen LogP contribution in [0.15, 0.2) is 60.8 Å². The quantitative estimate of drug-likeness (QED) is 0.0321. The summed E-state index contributed by atoms with van der Waals surface area (Å²) in [7, 11) is -5.35. The summed E-state index contributed by atoms with van der Waals surface area (Å²) in [4.78, 5) is 82.7.